The minimum Gasteiger partial charge on any atom is -0.459 e. The van der Waals surface area contributed by atoms with Gasteiger partial charge >= 0.3 is 16.3 Å². The van der Waals surface area contributed by atoms with Crippen LogP contribution in [-0.2, 0) is 29.3 Å². The zero-order chi connectivity index (χ0) is 45.4. The summed E-state index contributed by atoms with van der Waals surface area (Å²) in [5.74, 6) is -2.51. The molecule has 0 radical (unpaired) electrons. The number of rotatable bonds is 9. The van der Waals surface area contributed by atoms with Gasteiger partial charge in [0.1, 0.15) is 39.9 Å². The quantitative estimate of drug-likeness (QED) is 0.161. The summed E-state index contributed by atoms with van der Waals surface area (Å²) >= 11 is 1.52. The van der Waals surface area contributed by atoms with Gasteiger partial charge in [-0.1, -0.05) is 54.8 Å². The number of nitrogens with zero attached hydrogens (tertiary/aromatic N) is 5. The van der Waals surface area contributed by atoms with Crippen molar-refractivity contribution in [3.8, 4) is 27.8 Å². The third-order valence-electron chi connectivity index (χ3n) is 11.6. The number of alkyl carbamates (subject to hydrolysis) is 1. The number of carbonyl (C=O) groups is 4. The molecule has 0 spiro atoms. The number of ether oxygens (including phenoxy) is 2. The molecule has 5 atom stereocenters. The molecule has 0 unspecified atom stereocenters. The Morgan fingerprint density at radius 3 is 2.54 bits per heavy atom. The fourth-order valence-electron chi connectivity index (χ4n) is 8.25. The first kappa shape index (κ1) is 45.7. The third kappa shape index (κ3) is 10.1. The average Bonchev–Trinajstić information content (AvgIpc) is 3.55. The maximum absolute atomic E-state index is 14.7. The minimum atomic E-state index is -4.19. The molecule has 3 N–H and O–H groups in total. The van der Waals surface area contributed by atoms with Crippen molar-refractivity contribution < 1.29 is 37.1 Å². The van der Waals surface area contributed by atoms with Crippen molar-refractivity contribution in [3.63, 3.8) is 0 Å². The fraction of sp³-hybridized carbons (Fsp3) is 0.511. The van der Waals surface area contributed by atoms with Crippen LogP contribution in [-0.4, -0.2) is 106 Å². The van der Waals surface area contributed by atoms with Gasteiger partial charge in [-0.05, 0) is 85.4 Å². The summed E-state index contributed by atoms with van der Waals surface area (Å²) in [4.78, 5) is 67.8. The summed E-state index contributed by atoms with van der Waals surface area (Å²) < 4.78 is 42.9. The van der Waals surface area contributed by atoms with Gasteiger partial charge in [0.05, 0.1) is 17.8 Å². The number of para-hydroxylation sites is 1. The number of amides is 4. The monoisotopic (exact) mass is 902 g/mol. The van der Waals surface area contributed by atoms with E-state index in [1.807, 2.05) is 79.3 Å². The van der Waals surface area contributed by atoms with Gasteiger partial charge in [-0.15, -0.1) is 11.3 Å². The number of benzene rings is 2. The van der Waals surface area contributed by atoms with Crippen LogP contribution in [0.2, 0.25) is 0 Å². The lowest BCUT2D eigenvalue weighted by atomic mass is 10.0. The highest BCUT2D eigenvalue weighted by molar-refractivity contribution is 7.87. The number of imidazole rings is 1. The van der Waals surface area contributed by atoms with Crippen molar-refractivity contribution in [2.45, 2.75) is 122 Å². The van der Waals surface area contributed by atoms with Crippen molar-refractivity contribution >= 4 is 56.4 Å². The molecule has 1 saturated carbocycles. The molecule has 1 aliphatic carbocycles. The number of carbonyl (C=O) groups excluding carboxylic acids is 4. The van der Waals surface area contributed by atoms with Crippen LogP contribution in [0.3, 0.4) is 0 Å². The molecule has 7 rings (SSSR count). The Bertz CT molecular complexity index is 2530. The minimum absolute atomic E-state index is 0.0193. The van der Waals surface area contributed by atoms with E-state index in [2.05, 4.69) is 21.4 Å². The second kappa shape index (κ2) is 18.0. The molecule has 63 heavy (non-hydrogen) atoms. The van der Waals surface area contributed by atoms with Crippen molar-refractivity contribution in [2.24, 2.45) is 5.92 Å². The first-order valence-corrected chi connectivity index (χ1v) is 23.8. The lowest BCUT2D eigenvalue weighted by molar-refractivity contribution is -0.141. The molecule has 4 aromatic rings. The fourth-order valence-corrected chi connectivity index (χ4v) is 9.70. The molecular weight excluding hydrogens is 845 g/mol. The van der Waals surface area contributed by atoms with Crippen molar-refractivity contribution in [1.29, 1.82) is 0 Å². The Balaban J connectivity index is 1.23. The van der Waals surface area contributed by atoms with E-state index in [1.165, 1.54) is 30.3 Å². The number of aryl methyl sites for hydroxylation is 1. The summed E-state index contributed by atoms with van der Waals surface area (Å²) in [6.07, 6.45) is 5.55. The number of nitrogens with one attached hydrogen (secondary N) is 3. The Hall–Kier alpha value is -5.33. The van der Waals surface area contributed by atoms with Crippen LogP contribution in [0.5, 0.6) is 6.01 Å². The van der Waals surface area contributed by atoms with Gasteiger partial charge in [0.25, 0.3) is 11.9 Å². The van der Waals surface area contributed by atoms with Gasteiger partial charge in [-0.3, -0.25) is 19.0 Å². The zero-order valence-corrected chi connectivity index (χ0v) is 38.8. The van der Waals surface area contributed by atoms with Gasteiger partial charge in [0.15, 0.2) is 0 Å². The largest absolute Gasteiger partial charge is 0.459 e. The maximum atomic E-state index is 14.7. The molecule has 4 heterocycles. The van der Waals surface area contributed by atoms with Gasteiger partial charge < -0.3 is 25.0 Å². The number of aromatic nitrogens is 3. The van der Waals surface area contributed by atoms with Crippen molar-refractivity contribution in [3.05, 3.63) is 65.6 Å². The smallest absolute Gasteiger partial charge is 0.408 e. The molecule has 2 aliphatic heterocycles. The lowest BCUT2D eigenvalue weighted by Gasteiger charge is -2.30. The van der Waals surface area contributed by atoms with Crippen LogP contribution < -0.4 is 20.1 Å². The number of thiazole rings is 1. The molecule has 3 aliphatic rings. The number of fused-ring (bicyclic) bond motifs is 3. The van der Waals surface area contributed by atoms with E-state index in [9.17, 15) is 27.6 Å². The summed E-state index contributed by atoms with van der Waals surface area (Å²) in [6, 6.07) is 12.1. The summed E-state index contributed by atoms with van der Waals surface area (Å²) in [7, 11) is -1.59. The molecule has 338 valence electrons. The summed E-state index contributed by atoms with van der Waals surface area (Å²) in [6.45, 7) is 11.2. The van der Waals surface area contributed by atoms with Crippen molar-refractivity contribution in [1.82, 2.24) is 39.1 Å². The number of hydrogen-bond donors (Lipinski definition) is 3. The van der Waals surface area contributed by atoms with E-state index in [4.69, 9.17) is 19.4 Å². The van der Waals surface area contributed by atoms with Gasteiger partial charge in [-0.2, -0.15) is 17.7 Å². The molecule has 2 aromatic heterocycles. The molecule has 18 heteroatoms. The van der Waals surface area contributed by atoms with Gasteiger partial charge in [0.2, 0.25) is 11.8 Å². The maximum Gasteiger partial charge on any atom is 0.408 e. The molecule has 16 nitrogen and oxygen atoms in total. The molecule has 2 fully saturated rings. The van der Waals surface area contributed by atoms with Gasteiger partial charge in [0, 0.05) is 49.0 Å². The van der Waals surface area contributed by atoms with E-state index in [-0.39, 0.29) is 25.4 Å². The van der Waals surface area contributed by atoms with Crippen LogP contribution in [0.1, 0.15) is 91.2 Å². The van der Waals surface area contributed by atoms with Gasteiger partial charge in [-0.25, -0.2) is 14.5 Å². The second-order valence-corrected chi connectivity index (χ2v) is 20.9. The van der Waals surface area contributed by atoms with E-state index in [0.717, 1.165) is 50.1 Å². The molecule has 4 amide bonds. The van der Waals surface area contributed by atoms with Crippen LogP contribution in [0.25, 0.3) is 32.9 Å². The SMILES string of the molecule is Cc1cccc(-c2csc(-c3cccc4c3nc(O[C@@H]3C[C@H]5C(=O)N[C@]6(C(=O)NS(=O)(=O)N(C)C)C[C@H]6/C=C\CCCCC[C@H](NC(=O)OC(C)(C)C)C(=O)N5C3)n4C(C)C)n2)c1. The number of hydrogen-bond acceptors (Lipinski definition) is 11. The lowest BCUT2D eigenvalue weighted by Crippen LogP contribution is -2.58. The molecule has 0 bridgehead atoms. The molecule has 2 aromatic carbocycles. The predicted octanol–water partition coefficient (Wildman–Crippen LogP) is 6.28. The van der Waals surface area contributed by atoms with E-state index in [1.54, 1.807) is 20.8 Å². The van der Waals surface area contributed by atoms with E-state index in [0.29, 0.717) is 30.8 Å². The Morgan fingerprint density at radius 1 is 1.06 bits per heavy atom. The summed E-state index contributed by atoms with van der Waals surface area (Å²) in [5.41, 5.74) is 2.95. The topological polar surface area (TPSA) is 194 Å². The van der Waals surface area contributed by atoms with Crippen LogP contribution in [0.4, 0.5) is 4.79 Å². The standard InChI is InChI=1S/C45H58N8O8S2/c1-27(2)53-35-21-15-19-32(39-46-34(26-62-39)29-17-14-16-28(3)22-29)37(35)48-42(53)60-31-23-36-38(54)49-45(41(56)50-63(58,59)51(7)8)24-30(45)18-12-10-9-11-13-20-33(40(55)52(36)25-31)47-43(57)61-44(4,5)6/h12,14-19,21-22,26-27,30-31,33,36H,9-11,13,20,23-25H2,1-8H3,(H,47,57)(H,49,54)(H,50,56)/b18-12-/t30-,31-,33+,36+,45-/m1/s1. The highest BCUT2D eigenvalue weighted by Crippen LogP contribution is 2.46. The average molecular weight is 903 g/mol. The summed E-state index contributed by atoms with van der Waals surface area (Å²) in [5, 5.41) is 8.47. The van der Waals surface area contributed by atoms with Crippen molar-refractivity contribution in [2.75, 3.05) is 20.6 Å². The number of allylic oxidation sites excluding steroid dienone is 1. The first-order chi connectivity index (χ1) is 29.8. The Labute approximate surface area is 373 Å². The second-order valence-electron chi connectivity index (χ2n) is 18.2. The van der Waals surface area contributed by atoms with Crippen LogP contribution >= 0.6 is 11.3 Å². The van der Waals surface area contributed by atoms with E-state index < -0.39 is 69.3 Å². The van der Waals surface area contributed by atoms with E-state index >= 15 is 0 Å². The van der Waals surface area contributed by atoms with Crippen LogP contribution in [0, 0.1) is 12.8 Å². The van der Waals surface area contributed by atoms with Crippen LogP contribution in [0.15, 0.2) is 60.0 Å². The Kier molecular flexibility index (Phi) is 13.1. The normalized spacial score (nSPS) is 23.9. The Morgan fingerprint density at radius 2 is 1.83 bits per heavy atom. The molecule has 1 saturated heterocycles. The predicted molar refractivity (Wildman–Crippen MR) is 241 cm³/mol. The highest BCUT2D eigenvalue weighted by atomic mass is 32.2. The first-order valence-electron chi connectivity index (χ1n) is 21.5. The third-order valence-corrected chi connectivity index (χ3v) is 13.8. The zero-order valence-electron chi connectivity index (χ0n) is 37.1. The molecular formula is C45H58N8O8S2. The highest BCUT2D eigenvalue weighted by Gasteiger charge is 2.62.